The van der Waals surface area contributed by atoms with Gasteiger partial charge >= 0.3 is 6.09 Å². The third-order valence-corrected chi connectivity index (χ3v) is 7.60. The van der Waals surface area contributed by atoms with Crippen LogP contribution in [0.15, 0.2) is 41.3 Å². The van der Waals surface area contributed by atoms with Gasteiger partial charge in [0.2, 0.25) is 5.91 Å². The SMILES string of the molecule is COCCc1ccc(Cl)c(CN(C(=O)[C@H]2CN(C(=O)O)CC[C@@]2(O)c2ccn(C)c(=O)c2)C2CC2)c1. The van der Waals surface area contributed by atoms with Crippen molar-refractivity contribution in [2.75, 3.05) is 26.8 Å². The van der Waals surface area contributed by atoms with E-state index in [4.69, 9.17) is 16.3 Å². The number of amides is 2. The first kappa shape index (κ1) is 26.2. The van der Waals surface area contributed by atoms with Crippen molar-refractivity contribution in [3.05, 3.63) is 68.6 Å². The number of halogens is 1. The van der Waals surface area contributed by atoms with E-state index in [1.807, 2.05) is 12.1 Å². The summed E-state index contributed by atoms with van der Waals surface area (Å²) in [7, 11) is 3.24. The van der Waals surface area contributed by atoms with Crippen LogP contribution in [0.25, 0.3) is 0 Å². The van der Waals surface area contributed by atoms with Gasteiger partial charge in [-0.15, -0.1) is 0 Å². The zero-order valence-corrected chi connectivity index (χ0v) is 21.3. The Morgan fingerprint density at radius 2 is 2.00 bits per heavy atom. The van der Waals surface area contributed by atoms with Gasteiger partial charge in [-0.3, -0.25) is 9.59 Å². The predicted molar refractivity (Wildman–Crippen MR) is 134 cm³/mol. The van der Waals surface area contributed by atoms with Crippen LogP contribution in [0.4, 0.5) is 4.79 Å². The first-order chi connectivity index (χ1) is 17.1. The lowest BCUT2D eigenvalue weighted by Gasteiger charge is -2.44. The third-order valence-electron chi connectivity index (χ3n) is 7.23. The van der Waals surface area contributed by atoms with Crippen molar-refractivity contribution in [2.24, 2.45) is 13.0 Å². The van der Waals surface area contributed by atoms with Crippen LogP contribution in [-0.4, -0.2) is 69.4 Å². The van der Waals surface area contributed by atoms with Gasteiger partial charge in [0.25, 0.3) is 5.56 Å². The lowest BCUT2D eigenvalue weighted by atomic mass is 9.75. The predicted octanol–water partition coefficient (Wildman–Crippen LogP) is 2.61. The molecule has 2 fully saturated rings. The summed E-state index contributed by atoms with van der Waals surface area (Å²) in [4.78, 5) is 41.0. The highest BCUT2D eigenvalue weighted by Gasteiger charge is 2.51. The average Bonchev–Trinajstić information content (AvgIpc) is 3.69. The van der Waals surface area contributed by atoms with E-state index >= 15 is 0 Å². The van der Waals surface area contributed by atoms with Gasteiger partial charge in [0.15, 0.2) is 0 Å². The van der Waals surface area contributed by atoms with Crippen molar-refractivity contribution in [3.8, 4) is 0 Å². The number of methoxy groups -OCH3 is 1. The topological polar surface area (TPSA) is 112 Å². The minimum absolute atomic E-state index is 0.00857. The summed E-state index contributed by atoms with van der Waals surface area (Å²) in [5.74, 6) is -1.41. The highest BCUT2D eigenvalue weighted by Crippen LogP contribution is 2.41. The van der Waals surface area contributed by atoms with Gasteiger partial charge in [-0.2, -0.15) is 0 Å². The summed E-state index contributed by atoms with van der Waals surface area (Å²) < 4.78 is 6.55. The number of carboxylic acid groups (broad SMARTS) is 1. The number of hydrogen-bond acceptors (Lipinski definition) is 5. The van der Waals surface area contributed by atoms with Gasteiger partial charge in [0.05, 0.1) is 12.5 Å². The molecule has 2 N–H and O–H groups in total. The maximum Gasteiger partial charge on any atom is 0.407 e. The maximum atomic E-state index is 14.1. The summed E-state index contributed by atoms with van der Waals surface area (Å²) in [5, 5.41) is 22.0. The largest absolute Gasteiger partial charge is 0.465 e. The van der Waals surface area contributed by atoms with E-state index < -0.39 is 17.6 Å². The molecule has 2 aromatic rings. The van der Waals surface area contributed by atoms with E-state index in [0.717, 1.165) is 28.9 Å². The minimum Gasteiger partial charge on any atom is -0.465 e. The molecule has 194 valence electrons. The monoisotopic (exact) mass is 517 g/mol. The number of piperidine rings is 1. The van der Waals surface area contributed by atoms with Crippen molar-refractivity contribution in [1.82, 2.24) is 14.4 Å². The van der Waals surface area contributed by atoms with Crippen molar-refractivity contribution >= 4 is 23.6 Å². The normalized spacial score (nSPS) is 21.9. The summed E-state index contributed by atoms with van der Waals surface area (Å²) in [6.45, 7) is 0.703. The van der Waals surface area contributed by atoms with Gasteiger partial charge in [0, 0.05) is 57.1 Å². The molecule has 1 aliphatic heterocycles. The van der Waals surface area contributed by atoms with Crippen molar-refractivity contribution in [3.63, 3.8) is 0 Å². The number of carbonyl (C=O) groups excluding carboxylic acids is 1. The van der Waals surface area contributed by atoms with Crippen LogP contribution in [0.5, 0.6) is 0 Å². The Labute approximate surface area is 214 Å². The Hall–Kier alpha value is -2.88. The first-order valence-electron chi connectivity index (χ1n) is 12.1. The second-order valence-corrected chi connectivity index (χ2v) is 10.1. The average molecular weight is 518 g/mol. The summed E-state index contributed by atoms with van der Waals surface area (Å²) >= 11 is 6.50. The molecule has 2 amide bonds. The molecule has 4 rings (SSSR count). The van der Waals surface area contributed by atoms with E-state index in [2.05, 4.69) is 0 Å². The number of pyridine rings is 1. The third kappa shape index (κ3) is 5.43. The van der Waals surface area contributed by atoms with Crippen molar-refractivity contribution < 1.29 is 24.5 Å². The maximum absolute atomic E-state index is 14.1. The molecule has 36 heavy (non-hydrogen) atoms. The van der Waals surface area contributed by atoms with Crippen LogP contribution in [0.2, 0.25) is 5.02 Å². The second kappa shape index (κ2) is 10.6. The zero-order chi connectivity index (χ0) is 26.0. The summed E-state index contributed by atoms with van der Waals surface area (Å²) in [6, 6.07) is 8.63. The molecule has 0 bridgehead atoms. The molecule has 0 unspecified atom stereocenters. The summed E-state index contributed by atoms with van der Waals surface area (Å²) in [5.41, 5.74) is 0.156. The van der Waals surface area contributed by atoms with Gasteiger partial charge in [0.1, 0.15) is 5.60 Å². The van der Waals surface area contributed by atoms with Gasteiger partial charge in [-0.05, 0) is 54.5 Å². The molecule has 1 aromatic carbocycles. The Morgan fingerprint density at radius 1 is 1.25 bits per heavy atom. The van der Waals surface area contributed by atoms with E-state index in [1.165, 1.54) is 10.6 Å². The van der Waals surface area contributed by atoms with E-state index in [0.29, 0.717) is 23.6 Å². The molecule has 2 atom stereocenters. The van der Waals surface area contributed by atoms with Crippen LogP contribution in [0, 0.1) is 5.92 Å². The summed E-state index contributed by atoms with van der Waals surface area (Å²) in [6.07, 6.45) is 2.76. The standard InChI is InChI=1S/C26H32ClN3O6/c1-28-10-7-19(14-23(28)31)26(35)9-11-29(25(33)34)16-21(26)24(32)30(20-4-5-20)15-18-13-17(8-12-36-2)3-6-22(18)27/h3,6-7,10,13-14,20-21,35H,4-5,8-9,11-12,15-16H2,1-2H3,(H,33,34)/t21-,26-/m1/s1. The Bertz CT molecular complexity index is 1200. The van der Waals surface area contributed by atoms with Crippen LogP contribution in [0.1, 0.15) is 36.0 Å². The number of carbonyl (C=O) groups is 2. The molecular formula is C26H32ClN3O6. The van der Waals surface area contributed by atoms with E-state index in [-0.39, 0.29) is 43.6 Å². The number of ether oxygens (including phenoxy) is 1. The van der Waals surface area contributed by atoms with Crippen LogP contribution in [-0.2, 0) is 35.1 Å². The Balaban J connectivity index is 1.68. The van der Waals surface area contributed by atoms with Crippen molar-refractivity contribution in [1.29, 1.82) is 0 Å². The van der Waals surface area contributed by atoms with Crippen molar-refractivity contribution in [2.45, 2.75) is 43.9 Å². The molecule has 0 radical (unpaired) electrons. The smallest absolute Gasteiger partial charge is 0.407 e. The quantitative estimate of drug-likeness (QED) is 0.556. The van der Waals surface area contributed by atoms with E-state index in [9.17, 15) is 24.6 Å². The highest BCUT2D eigenvalue weighted by atomic mass is 35.5. The zero-order valence-electron chi connectivity index (χ0n) is 20.5. The van der Waals surface area contributed by atoms with Crippen LogP contribution < -0.4 is 5.56 Å². The molecule has 1 saturated carbocycles. The Morgan fingerprint density at radius 3 is 2.64 bits per heavy atom. The molecule has 0 spiro atoms. The Kier molecular flexibility index (Phi) is 7.73. The molecule has 2 heterocycles. The molecule has 1 aliphatic carbocycles. The van der Waals surface area contributed by atoms with Crippen LogP contribution >= 0.6 is 11.6 Å². The number of hydrogen-bond donors (Lipinski definition) is 2. The molecule has 1 aromatic heterocycles. The fraction of sp³-hybridized carbons (Fsp3) is 0.500. The number of nitrogens with zero attached hydrogens (tertiary/aromatic N) is 3. The van der Waals surface area contributed by atoms with E-state index in [1.54, 1.807) is 37.4 Å². The number of aryl methyl sites for hydroxylation is 1. The number of aromatic nitrogens is 1. The number of aliphatic hydroxyl groups is 1. The lowest BCUT2D eigenvalue weighted by Crippen LogP contribution is -2.57. The van der Waals surface area contributed by atoms with Gasteiger partial charge in [-0.25, -0.2) is 4.79 Å². The lowest BCUT2D eigenvalue weighted by molar-refractivity contribution is -0.154. The highest BCUT2D eigenvalue weighted by molar-refractivity contribution is 6.31. The fourth-order valence-electron chi connectivity index (χ4n) is 4.84. The number of likely N-dealkylation sites (tertiary alicyclic amines) is 1. The molecular weight excluding hydrogens is 486 g/mol. The van der Waals surface area contributed by atoms with Gasteiger partial charge in [-0.1, -0.05) is 23.7 Å². The van der Waals surface area contributed by atoms with Crippen LogP contribution in [0.3, 0.4) is 0 Å². The van der Waals surface area contributed by atoms with Gasteiger partial charge < -0.3 is 29.3 Å². The molecule has 9 nitrogen and oxygen atoms in total. The number of benzene rings is 1. The molecule has 2 aliphatic rings. The molecule has 1 saturated heterocycles. The number of rotatable bonds is 8. The minimum atomic E-state index is -1.67. The fourth-order valence-corrected chi connectivity index (χ4v) is 5.02. The first-order valence-corrected chi connectivity index (χ1v) is 12.5. The molecule has 10 heteroatoms. The second-order valence-electron chi connectivity index (χ2n) is 9.69.